The van der Waals surface area contributed by atoms with Crippen LogP contribution < -0.4 is 10.6 Å². The summed E-state index contributed by atoms with van der Waals surface area (Å²) in [5.74, 6) is -0.602. The highest BCUT2D eigenvalue weighted by atomic mass is 127. The van der Waals surface area contributed by atoms with Crippen molar-refractivity contribution in [2.45, 2.75) is 36.6 Å². The van der Waals surface area contributed by atoms with Crippen molar-refractivity contribution < 1.29 is 17.2 Å². The maximum Gasteiger partial charge on any atom is 0.252 e. The number of hydrogen-bond donors (Lipinski definition) is 2. The quantitative estimate of drug-likeness (QED) is 0.316. The van der Waals surface area contributed by atoms with Crippen LogP contribution in [0.4, 0.5) is 8.78 Å². The van der Waals surface area contributed by atoms with Crippen LogP contribution in [-0.4, -0.2) is 38.8 Å². The van der Waals surface area contributed by atoms with Gasteiger partial charge in [-0.3, -0.25) is 4.99 Å². The predicted octanol–water partition coefficient (Wildman–Crippen LogP) is 3.68. The minimum atomic E-state index is -3.44. The summed E-state index contributed by atoms with van der Waals surface area (Å²) in [5, 5.41) is 5.98. The molecule has 1 aromatic carbocycles. The number of benzene rings is 1. The average molecular weight is 570 g/mol. The van der Waals surface area contributed by atoms with Crippen molar-refractivity contribution in [1.82, 2.24) is 14.9 Å². The van der Waals surface area contributed by atoms with Crippen LogP contribution in [0.1, 0.15) is 29.7 Å². The van der Waals surface area contributed by atoms with Crippen molar-refractivity contribution in [3.05, 3.63) is 52.4 Å². The summed E-state index contributed by atoms with van der Waals surface area (Å²) >= 11 is 1.22. The van der Waals surface area contributed by atoms with Crippen molar-refractivity contribution in [2.75, 3.05) is 20.1 Å². The number of piperidine rings is 1. The van der Waals surface area contributed by atoms with Gasteiger partial charge in [0.1, 0.15) is 15.8 Å². The van der Waals surface area contributed by atoms with Gasteiger partial charge in [0.05, 0.1) is 6.54 Å². The molecule has 1 aromatic heterocycles. The lowest BCUT2D eigenvalue weighted by atomic mass is 10.2. The van der Waals surface area contributed by atoms with E-state index in [4.69, 9.17) is 0 Å². The summed E-state index contributed by atoms with van der Waals surface area (Å²) in [5.41, 5.74) is 0.194. The maximum atomic E-state index is 13.7. The molecular formula is C19H25F2IN4O2S2. The molecule has 0 bridgehead atoms. The number of aliphatic imine (C=N–C) groups is 1. The minimum absolute atomic E-state index is 0. The van der Waals surface area contributed by atoms with E-state index in [1.807, 2.05) is 0 Å². The Morgan fingerprint density at radius 2 is 1.80 bits per heavy atom. The van der Waals surface area contributed by atoms with Crippen molar-refractivity contribution in [3.63, 3.8) is 0 Å². The maximum absolute atomic E-state index is 13.7. The van der Waals surface area contributed by atoms with Gasteiger partial charge in [0, 0.05) is 37.1 Å². The fourth-order valence-corrected chi connectivity index (χ4v) is 6.04. The molecule has 2 aromatic rings. The van der Waals surface area contributed by atoms with Crippen LogP contribution in [0.2, 0.25) is 0 Å². The van der Waals surface area contributed by atoms with Crippen molar-refractivity contribution in [3.8, 4) is 0 Å². The zero-order valence-electron chi connectivity index (χ0n) is 16.5. The number of nitrogens with one attached hydrogen (secondary N) is 2. The summed E-state index contributed by atoms with van der Waals surface area (Å²) in [6.07, 6.45) is 2.86. The van der Waals surface area contributed by atoms with E-state index in [1.165, 1.54) is 11.3 Å². The predicted molar refractivity (Wildman–Crippen MR) is 126 cm³/mol. The molecule has 1 aliphatic rings. The number of rotatable bonds is 6. The first-order chi connectivity index (χ1) is 13.9. The van der Waals surface area contributed by atoms with E-state index >= 15 is 0 Å². The lowest BCUT2D eigenvalue weighted by Gasteiger charge is -2.25. The second kappa shape index (κ2) is 11.3. The second-order valence-electron chi connectivity index (χ2n) is 6.70. The summed E-state index contributed by atoms with van der Waals surface area (Å²) in [6, 6.07) is 6.68. The van der Waals surface area contributed by atoms with Gasteiger partial charge in [-0.05, 0) is 43.2 Å². The van der Waals surface area contributed by atoms with E-state index in [0.29, 0.717) is 29.8 Å². The Morgan fingerprint density at radius 3 is 2.50 bits per heavy atom. The number of sulfonamides is 1. The van der Waals surface area contributed by atoms with E-state index < -0.39 is 21.7 Å². The van der Waals surface area contributed by atoms with E-state index in [2.05, 4.69) is 15.6 Å². The zero-order valence-corrected chi connectivity index (χ0v) is 20.5. The molecular weight excluding hydrogens is 545 g/mol. The summed E-state index contributed by atoms with van der Waals surface area (Å²) in [7, 11) is -1.87. The molecule has 2 heterocycles. The topological polar surface area (TPSA) is 73.8 Å². The van der Waals surface area contributed by atoms with E-state index in [9.17, 15) is 17.2 Å². The van der Waals surface area contributed by atoms with Gasteiger partial charge in [-0.15, -0.1) is 35.3 Å². The van der Waals surface area contributed by atoms with Gasteiger partial charge in [-0.2, -0.15) is 4.31 Å². The van der Waals surface area contributed by atoms with Gasteiger partial charge in [-0.1, -0.05) is 6.42 Å². The smallest absolute Gasteiger partial charge is 0.252 e. The van der Waals surface area contributed by atoms with Gasteiger partial charge in [0.25, 0.3) is 10.0 Å². The first-order valence-corrected chi connectivity index (χ1v) is 11.6. The minimum Gasteiger partial charge on any atom is -0.352 e. The van der Waals surface area contributed by atoms with Crippen molar-refractivity contribution in [1.29, 1.82) is 0 Å². The normalized spacial score (nSPS) is 15.5. The fourth-order valence-electron chi connectivity index (χ4n) is 3.07. The van der Waals surface area contributed by atoms with Crippen LogP contribution in [-0.2, 0) is 23.1 Å². The Labute approximate surface area is 196 Å². The van der Waals surface area contributed by atoms with Gasteiger partial charge in [-0.25, -0.2) is 17.2 Å². The summed E-state index contributed by atoms with van der Waals surface area (Å²) in [6.45, 7) is 1.58. The highest BCUT2D eigenvalue weighted by Crippen LogP contribution is 2.27. The molecule has 0 saturated carbocycles. The largest absolute Gasteiger partial charge is 0.352 e. The monoisotopic (exact) mass is 570 g/mol. The highest BCUT2D eigenvalue weighted by molar-refractivity contribution is 14.0. The SMILES string of the molecule is CN=C(NCc1ccc(S(=O)(=O)N2CCCCC2)s1)NCc1cc(F)ccc1F.I. The first-order valence-electron chi connectivity index (χ1n) is 9.37. The van der Waals surface area contributed by atoms with Crippen LogP contribution in [0.15, 0.2) is 39.5 Å². The third-order valence-corrected chi connectivity index (χ3v) is 8.11. The average Bonchev–Trinajstić information content (AvgIpc) is 3.21. The molecule has 1 saturated heterocycles. The molecule has 0 radical (unpaired) electrons. The molecule has 2 N–H and O–H groups in total. The van der Waals surface area contributed by atoms with Crippen LogP contribution in [0.25, 0.3) is 0 Å². The molecule has 166 valence electrons. The van der Waals surface area contributed by atoms with Gasteiger partial charge in [0.15, 0.2) is 5.96 Å². The molecule has 3 rings (SSSR count). The van der Waals surface area contributed by atoms with Gasteiger partial charge in [0.2, 0.25) is 0 Å². The highest BCUT2D eigenvalue weighted by Gasteiger charge is 2.27. The van der Waals surface area contributed by atoms with Gasteiger partial charge < -0.3 is 10.6 Å². The molecule has 11 heteroatoms. The summed E-state index contributed by atoms with van der Waals surface area (Å²) in [4.78, 5) is 4.89. The van der Waals surface area contributed by atoms with Crippen molar-refractivity contribution in [2.24, 2.45) is 4.99 Å². The Balaban J connectivity index is 0.00000320. The first kappa shape index (κ1) is 25.0. The number of halogens is 3. The fraction of sp³-hybridized carbons (Fsp3) is 0.421. The van der Waals surface area contributed by atoms with Crippen LogP contribution >= 0.6 is 35.3 Å². The Kier molecular flexibility index (Phi) is 9.44. The number of guanidine groups is 1. The molecule has 30 heavy (non-hydrogen) atoms. The van der Waals surface area contributed by atoms with Crippen LogP contribution in [0, 0.1) is 11.6 Å². The van der Waals surface area contributed by atoms with E-state index in [1.54, 1.807) is 23.5 Å². The molecule has 1 aliphatic heterocycles. The molecule has 6 nitrogen and oxygen atoms in total. The Morgan fingerprint density at radius 1 is 1.10 bits per heavy atom. The van der Waals surface area contributed by atoms with Crippen LogP contribution in [0.3, 0.4) is 0 Å². The third kappa shape index (κ3) is 6.34. The van der Waals surface area contributed by atoms with E-state index in [-0.39, 0.29) is 36.1 Å². The number of nitrogens with zero attached hydrogens (tertiary/aromatic N) is 2. The Hall–Kier alpha value is -1.31. The molecule has 1 fully saturated rings. The standard InChI is InChI=1S/C19H24F2N4O2S2.HI/c1-22-19(23-12-14-11-15(20)5-7-17(14)21)24-13-16-6-8-18(28-16)29(26,27)25-9-3-2-4-10-25;/h5-8,11H,2-4,9-10,12-13H2,1H3,(H2,22,23,24);1H. The summed E-state index contributed by atoms with van der Waals surface area (Å²) < 4.78 is 54.3. The number of thiophene rings is 1. The van der Waals surface area contributed by atoms with Crippen molar-refractivity contribution >= 4 is 51.3 Å². The Bertz CT molecular complexity index is 977. The molecule has 0 aliphatic carbocycles. The van der Waals surface area contributed by atoms with Gasteiger partial charge >= 0.3 is 0 Å². The number of hydrogen-bond acceptors (Lipinski definition) is 4. The molecule has 0 unspecified atom stereocenters. The lowest BCUT2D eigenvalue weighted by molar-refractivity contribution is 0.347. The zero-order chi connectivity index (χ0) is 20.9. The molecule has 0 atom stereocenters. The van der Waals surface area contributed by atoms with E-state index in [0.717, 1.165) is 42.3 Å². The van der Waals surface area contributed by atoms with Crippen LogP contribution in [0.5, 0.6) is 0 Å². The molecule has 0 amide bonds. The second-order valence-corrected chi connectivity index (χ2v) is 10.0. The molecule has 0 spiro atoms. The third-order valence-electron chi connectivity index (χ3n) is 4.65. The lowest BCUT2D eigenvalue weighted by Crippen LogP contribution is -2.36.